The summed E-state index contributed by atoms with van der Waals surface area (Å²) >= 11 is 0. The highest BCUT2D eigenvalue weighted by molar-refractivity contribution is 5.77. The van der Waals surface area contributed by atoms with Gasteiger partial charge in [0.25, 0.3) is 0 Å². The molecule has 4 heteroatoms. The van der Waals surface area contributed by atoms with Gasteiger partial charge in [-0.3, -0.25) is 5.10 Å². The van der Waals surface area contributed by atoms with Crippen LogP contribution in [-0.2, 0) is 0 Å². The third kappa shape index (κ3) is 2.59. The Morgan fingerprint density at radius 2 is 2.24 bits per heavy atom. The number of rotatable bonds is 3. The van der Waals surface area contributed by atoms with E-state index in [-0.39, 0.29) is 5.92 Å². The molecule has 0 bridgehead atoms. The van der Waals surface area contributed by atoms with E-state index in [9.17, 15) is 0 Å². The number of para-hydroxylation sites is 1. The predicted octanol–water partition coefficient (Wildman–Crippen LogP) is 3.57. The quantitative estimate of drug-likeness (QED) is 0.933. The minimum Gasteiger partial charge on any atom is -0.496 e. The third-order valence-corrected chi connectivity index (χ3v) is 3.54. The lowest BCUT2D eigenvalue weighted by molar-refractivity contribution is 0.416. The van der Waals surface area contributed by atoms with Crippen LogP contribution in [0.5, 0.6) is 5.75 Å². The Bertz CT molecular complexity index is 749. The molecule has 1 heterocycles. The fraction of sp³-hybridized carbons (Fsp3) is 0.176. The van der Waals surface area contributed by atoms with Crippen LogP contribution in [-0.4, -0.2) is 17.3 Å². The fourth-order valence-corrected chi connectivity index (χ4v) is 2.38. The molecule has 1 atom stereocenters. The molecule has 0 aliphatic heterocycles. The summed E-state index contributed by atoms with van der Waals surface area (Å²) in [5.74, 6) is 0.784. The normalized spacial score (nSPS) is 17.1. The Kier molecular flexibility index (Phi) is 3.57. The van der Waals surface area contributed by atoms with Crippen molar-refractivity contribution in [2.24, 2.45) is 5.92 Å². The van der Waals surface area contributed by atoms with Crippen LogP contribution >= 0.6 is 0 Å². The topological polar surface area (TPSA) is 61.7 Å². The van der Waals surface area contributed by atoms with Crippen molar-refractivity contribution in [3.05, 3.63) is 54.3 Å². The largest absolute Gasteiger partial charge is 0.496 e. The van der Waals surface area contributed by atoms with Gasteiger partial charge in [0.05, 0.1) is 30.5 Å². The molecule has 4 nitrogen and oxygen atoms in total. The molecule has 104 valence electrons. The molecule has 1 aliphatic rings. The number of nitrogens with zero attached hydrogens (tertiary/aromatic N) is 2. The number of nitriles is 1. The number of methoxy groups -OCH3 is 1. The van der Waals surface area contributed by atoms with Crippen molar-refractivity contribution in [1.29, 1.82) is 5.26 Å². The van der Waals surface area contributed by atoms with Gasteiger partial charge >= 0.3 is 0 Å². The summed E-state index contributed by atoms with van der Waals surface area (Å²) in [6, 6.07) is 12.1. The number of H-pyrrole nitrogens is 1. The molecule has 3 rings (SSSR count). The number of nitrogens with one attached hydrogen (secondary N) is 1. The Hall–Kier alpha value is -2.80. The van der Waals surface area contributed by atoms with Gasteiger partial charge in [-0.1, -0.05) is 30.4 Å². The number of aromatic amines is 1. The maximum absolute atomic E-state index is 8.89. The molecule has 1 aromatic carbocycles. The van der Waals surface area contributed by atoms with Crippen molar-refractivity contribution in [2.45, 2.75) is 6.42 Å². The van der Waals surface area contributed by atoms with Crippen molar-refractivity contribution in [3.8, 4) is 23.1 Å². The number of aromatic nitrogens is 2. The summed E-state index contributed by atoms with van der Waals surface area (Å²) in [7, 11) is 1.66. The summed E-state index contributed by atoms with van der Waals surface area (Å²) < 4.78 is 5.37. The maximum Gasteiger partial charge on any atom is 0.128 e. The first-order chi connectivity index (χ1) is 10.3. The summed E-state index contributed by atoms with van der Waals surface area (Å²) in [4.78, 5) is 0. The average Bonchev–Trinajstić information content (AvgIpc) is 3.04. The Balaban J connectivity index is 1.90. The summed E-state index contributed by atoms with van der Waals surface area (Å²) in [5, 5.41) is 16.3. The monoisotopic (exact) mass is 277 g/mol. The number of benzene rings is 1. The number of hydrogen-bond acceptors (Lipinski definition) is 3. The molecule has 0 radical (unpaired) electrons. The van der Waals surface area contributed by atoms with E-state index >= 15 is 0 Å². The predicted molar refractivity (Wildman–Crippen MR) is 81.4 cm³/mol. The molecule has 1 N–H and O–H groups in total. The van der Waals surface area contributed by atoms with Gasteiger partial charge < -0.3 is 4.74 Å². The lowest BCUT2D eigenvalue weighted by atomic mass is 9.96. The van der Waals surface area contributed by atoms with E-state index in [0.29, 0.717) is 0 Å². The van der Waals surface area contributed by atoms with E-state index in [1.807, 2.05) is 42.5 Å². The van der Waals surface area contributed by atoms with Gasteiger partial charge in [-0.15, -0.1) is 0 Å². The minimum atomic E-state index is -0.0265. The molecule has 1 unspecified atom stereocenters. The first kappa shape index (κ1) is 13.2. The van der Waals surface area contributed by atoms with Crippen molar-refractivity contribution in [1.82, 2.24) is 10.2 Å². The van der Waals surface area contributed by atoms with Crippen LogP contribution in [0.2, 0.25) is 0 Å². The summed E-state index contributed by atoms with van der Waals surface area (Å²) in [6.45, 7) is 0. The lowest BCUT2D eigenvalue weighted by Crippen LogP contribution is -1.96. The molecular formula is C17H15N3O. The molecule has 1 aromatic heterocycles. The Morgan fingerprint density at radius 1 is 1.38 bits per heavy atom. The Labute approximate surface area is 123 Å². The number of allylic oxidation sites excluding steroid dienone is 4. The van der Waals surface area contributed by atoms with Gasteiger partial charge in [0, 0.05) is 5.56 Å². The average molecular weight is 277 g/mol. The minimum absolute atomic E-state index is 0.0265. The molecule has 0 fully saturated rings. The second kappa shape index (κ2) is 5.68. The van der Waals surface area contributed by atoms with Crippen LogP contribution < -0.4 is 4.74 Å². The van der Waals surface area contributed by atoms with Crippen LogP contribution in [0.4, 0.5) is 0 Å². The van der Waals surface area contributed by atoms with Crippen LogP contribution in [0.3, 0.4) is 0 Å². The second-order valence-corrected chi connectivity index (χ2v) is 4.86. The highest BCUT2D eigenvalue weighted by Crippen LogP contribution is 2.30. The van der Waals surface area contributed by atoms with Crippen molar-refractivity contribution >= 4 is 5.57 Å². The van der Waals surface area contributed by atoms with Crippen LogP contribution in [0.25, 0.3) is 16.8 Å². The number of ether oxygens (including phenoxy) is 1. The Morgan fingerprint density at radius 3 is 2.95 bits per heavy atom. The number of hydrogen-bond donors (Lipinski definition) is 1. The van der Waals surface area contributed by atoms with Crippen LogP contribution in [0, 0.1) is 17.2 Å². The van der Waals surface area contributed by atoms with E-state index in [1.165, 1.54) is 0 Å². The van der Waals surface area contributed by atoms with Gasteiger partial charge in [0.1, 0.15) is 5.75 Å². The zero-order valence-electron chi connectivity index (χ0n) is 11.7. The molecule has 1 aliphatic carbocycles. The molecule has 0 saturated heterocycles. The molecule has 0 saturated carbocycles. The van der Waals surface area contributed by atoms with E-state index in [4.69, 9.17) is 10.00 Å². The van der Waals surface area contributed by atoms with Crippen molar-refractivity contribution in [2.75, 3.05) is 7.11 Å². The van der Waals surface area contributed by atoms with Gasteiger partial charge in [-0.25, -0.2) is 0 Å². The van der Waals surface area contributed by atoms with E-state index in [0.717, 1.165) is 34.7 Å². The molecule has 0 spiro atoms. The van der Waals surface area contributed by atoms with E-state index < -0.39 is 0 Å². The molecule has 0 amide bonds. The molecule has 21 heavy (non-hydrogen) atoms. The van der Waals surface area contributed by atoms with Gasteiger partial charge in [0.2, 0.25) is 0 Å². The van der Waals surface area contributed by atoms with E-state index in [1.54, 1.807) is 7.11 Å². The van der Waals surface area contributed by atoms with Crippen LogP contribution in [0.15, 0.2) is 48.6 Å². The third-order valence-electron chi connectivity index (χ3n) is 3.54. The van der Waals surface area contributed by atoms with Crippen molar-refractivity contribution < 1.29 is 4.74 Å². The molecular weight excluding hydrogens is 262 g/mol. The van der Waals surface area contributed by atoms with Crippen molar-refractivity contribution in [3.63, 3.8) is 0 Å². The maximum atomic E-state index is 8.89. The summed E-state index contributed by atoms with van der Waals surface area (Å²) in [5.41, 5.74) is 3.82. The standard InChI is InChI=1S/C17H15N3O/c1-21-17-5-3-2-4-14(17)16-10-15(19-20-16)13-8-6-12(11-18)7-9-13/h2-6,8-10,12H,7H2,1H3,(H,19,20). The van der Waals surface area contributed by atoms with E-state index in [2.05, 4.69) is 22.3 Å². The van der Waals surface area contributed by atoms with Gasteiger partial charge in [0.15, 0.2) is 0 Å². The van der Waals surface area contributed by atoms with Crippen LogP contribution in [0.1, 0.15) is 12.1 Å². The zero-order chi connectivity index (χ0) is 14.7. The first-order valence-electron chi connectivity index (χ1n) is 6.79. The molecule has 2 aromatic rings. The first-order valence-corrected chi connectivity index (χ1v) is 6.79. The zero-order valence-corrected chi connectivity index (χ0v) is 11.7. The lowest BCUT2D eigenvalue weighted by Gasteiger charge is -2.07. The second-order valence-electron chi connectivity index (χ2n) is 4.86. The summed E-state index contributed by atoms with van der Waals surface area (Å²) in [6.07, 6.45) is 6.67. The van der Waals surface area contributed by atoms with Gasteiger partial charge in [-0.05, 0) is 30.2 Å². The SMILES string of the molecule is COc1ccccc1-c1cc(C2=CCC(C#N)C=C2)n[nH]1. The fourth-order valence-electron chi connectivity index (χ4n) is 2.38. The highest BCUT2D eigenvalue weighted by atomic mass is 16.5. The highest BCUT2D eigenvalue weighted by Gasteiger charge is 2.13. The smallest absolute Gasteiger partial charge is 0.128 e. The van der Waals surface area contributed by atoms with Gasteiger partial charge in [-0.2, -0.15) is 10.4 Å².